The largest absolute Gasteiger partial charge is 0.381 e. The zero-order valence-electron chi connectivity index (χ0n) is 13.4. The second-order valence-corrected chi connectivity index (χ2v) is 6.45. The predicted molar refractivity (Wildman–Crippen MR) is 88.0 cm³/mol. The Kier molecular flexibility index (Phi) is 5.11. The van der Waals surface area contributed by atoms with E-state index in [9.17, 15) is 4.79 Å². The lowest BCUT2D eigenvalue weighted by Crippen LogP contribution is -2.40. The summed E-state index contributed by atoms with van der Waals surface area (Å²) in [6.07, 6.45) is 4.44. The highest BCUT2D eigenvalue weighted by molar-refractivity contribution is 5.99. The second-order valence-electron chi connectivity index (χ2n) is 6.45. The Balaban J connectivity index is 1.53. The van der Waals surface area contributed by atoms with Gasteiger partial charge in [-0.3, -0.25) is 9.69 Å². The van der Waals surface area contributed by atoms with Crippen molar-refractivity contribution >= 4 is 11.6 Å². The minimum Gasteiger partial charge on any atom is -0.381 e. The van der Waals surface area contributed by atoms with Crippen molar-refractivity contribution in [2.24, 2.45) is 5.92 Å². The molecule has 0 bridgehead atoms. The van der Waals surface area contributed by atoms with Gasteiger partial charge in [-0.2, -0.15) is 0 Å². The summed E-state index contributed by atoms with van der Waals surface area (Å²) in [5.41, 5.74) is 1.02. The van der Waals surface area contributed by atoms with Crippen LogP contribution in [0.1, 0.15) is 25.7 Å². The topological polar surface area (TPSA) is 32.8 Å². The fraction of sp³-hybridized carbons (Fsp3) is 0.611. The van der Waals surface area contributed by atoms with Gasteiger partial charge in [-0.1, -0.05) is 18.2 Å². The van der Waals surface area contributed by atoms with E-state index in [4.69, 9.17) is 4.74 Å². The SMILES string of the molecule is CN(CCC1CCOCC1)[C@H]1CCN(c2ccccc2)C1=O. The molecule has 1 aromatic rings. The van der Waals surface area contributed by atoms with Gasteiger partial charge in [-0.15, -0.1) is 0 Å². The maximum atomic E-state index is 12.7. The van der Waals surface area contributed by atoms with Gasteiger partial charge in [0.15, 0.2) is 0 Å². The minimum absolute atomic E-state index is 0.0417. The third kappa shape index (κ3) is 3.50. The summed E-state index contributed by atoms with van der Waals surface area (Å²) in [7, 11) is 2.09. The van der Waals surface area contributed by atoms with Crippen LogP contribution in [0.2, 0.25) is 0 Å². The molecule has 2 aliphatic heterocycles. The van der Waals surface area contributed by atoms with Crippen LogP contribution in [0.4, 0.5) is 5.69 Å². The third-order valence-corrected chi connectivity index (χ3v) is 5.01. The number of benzene rings is 1. The van der Waals surface area contributed by atoms with Crippen molar-refractivity contribution < 1.29 is 9.53 Å². The Morgan fingerprint density at radius 2 is 1.91 bits per heavy atom. The molecule has 1 atom stereocenters. The molecule has 1 amide bonds. The molecule has 2 aliphatic rings. The van der Waals surface area contributed by atoms with E-state index in [1.54, 1.807) is 0 Å². The Hall–Kier alpha value is -1.39. The summed E-state index contributed by atoms with van der Waals surface area (Å²) in [6, 6.07) is 10.0. The number of para-hydroxylation sites is 1. The molecule has 2 heterocycles. The van der Waals surface area contributed by atoms with Crippen LogP contribution < -0.4 is 4.90 Å². The first-order valence-corrected chi connectivity index (χ1v) is 8.40. The Morgan fingerprint density at radius 3 is 2.64 bits per heavy atom. The monoisotopic (exact) mass is 302 g/mol. The van der Waals surface area contributed by atoms with Crippen molar-refractivity contribution in [3.63, 3.8) is 0 Å². The van der Waals surface area contributed by atoms with Crippen LogP contribution in [0.25, 0.3) is 0 Å². The maximum absolute atomic E-state index is 12.7. The Labute approximate surface area is 133 Å². The zero-order valence-corrected chi connectivity index (χ0v) is 13.4. The number of carbonyl (C=O) groups is 1. The van der Waals surface area contributed by atoms with E-state index in [1.807, 2.05) is 35.2 Å². The molecule has 0 N–H and O–H groups in total. The molecule has 0 spiro atoms. The highest BCUT2D eigenvalue weighted by atomic mass is 16.5. The number of hydrogen-bond donors (Lipinski definition) is 0. The first-order valence-electron chi connectivity index (χ1n) is 8.40. The number of amides is 1. The van der Waals surface area contributed by atoms with Gasteiger partial charge in [0.1, 0.15) is 0 Å². The van der Waals surface area contributed by atoms with Crippen LogP contribution in [-0.4, -0.2) is 50.2 Å². The molecule has 0 radical (unpaired) electrons. The van der Waals surface area contributed by atoms with Gasteiger partial charge in [0.2, 0.25) is 5.91 Å². The van der Waals surface area contributed by atoms with E-state index in [1.165, 1.54) is 19.3 Å². The highest BCUT2D eigenvalue weighted by Crippen LogP contribution is 2.25. The molecule has 0 unspecified atom stereocenters. The van der Waals surface area contributed by atoms with Gasteiger partial charge < -0.3 is 9.64 Å². The third-order valence-electron chi connectivity index (χ3n) is 5.01. The van der Waals surface area contributed by atoms with Gasteiger partial charge in [0.25, 0.3) is 0 Å². The van der Waals surface area contributed by atoms with E-state index in [0.717, 1.165) is 44.3 Å². The first-order chi connectivity index (χ1) is 10.8. The molecule has 4 nitrogen and oxygen atoms in total. The summed E-state index contributed by atoms with van der Waals surface area (Å²) in [5.74, 6) is 1.01. The molecule has 0 saturated carbocycles. The van der Waals surface area contributed by atoms with Crippen LogP contribution in [0.15, 0.2) is 30.3 Å². The summed E-state index contributed by atoms with van der Waals surface area (Å²) in [6.45, 7) is 3.63. The molecule has 4 heteroatoms. The molecule has 2 fully saturated rings. The average Bonchev–Trinajstić information content (AvgIpc) is 2.96. The lowest BCUT2D eigenvalue weighted by molar-refractivity contribution is -0.121. The van der Waals surface area contributed by atoms with E-state index in [0.29, 0.717) is 0 Å². The summed E-state index contributed by atoms with van der Waals surface area (Å²) in [4.78, 5) is 16.8. The van der Waals surface area contributed by atoms with Crippen molar-refractivity contribution in [1.29, 1.82) is 0 Å². The number of anilines is 1. The number of ether oxygens (including phenoxy) is 1. The van der Waals surface area contributed by atoms with Gasteiger partial charge in [-0.25, -0.2) is 0 Å². The lowest BCUT2D eigenvalue weighted by atomic mass is 9.96. The molecular formula is C18H26N2O2. The van der Waals surface area contributed by atoms with Crippen molar-refractivity contribution in [2.45, 2.75) is 31.7 Å². The fourth-order valence-corrected chi connectivity index (χ4v) is 3.52. The van der Waals surface area contributed by atoms with Crippen molar-refractivity contribution in [3.05, 3.63) is 30.3 Å². The molecule has 0 aromatic heterocycles. The summed E-state index contributed by atoms with van der Waals surface area (Å²) >= 11 is 0. The van der Waals surface area contributed by atoms with E-state index < -0.39 is 0 Å². The van der Waals surface area contributed by atoms with Crippen LogP contribution in [0.5, 0.6) is 0 Å². The van der Waals surface area contributed by atoms with Gasteiger partial charge in [0.05, 0.1) is 6.04 Å². The highest BCUT2D eigenvalue weighted by Gasteiger charge is 2.35. The van der Waals surface area contributed by atoms with Crippen LogP contribution in [-0.2, 0) is 9.53 Å². The lowest BCUT2D eigenvalue weighted by Gasteiger charge is -2.27. The van der Waals surface area contributed by atoms with Crippen LogP contribution in [0.3, 0.4) is 0 Å². The summed E-state index contributed by atoms with van der Waals surface area (Å²) in [5, 5.41) is 0. The molecule has 0 aliphatic carbocycles. The quantitative estimate of drug-likeness (QED) is 0.838. The van der Waals surface area contributed by atoms with E-state index in [-0.39, 0.29) is 11.9 Å². The van der Waals surface area contributed by atoms with Crippen molar-refractivity contribution in [2.75, 3.05) is 38.3 Å². The predicted octanol–water partition coefficient (Wildman–Crippen LogP) is 2.54. The number of nitrogens with zero attached hydrogens (tertiary/aromatic N) is 2. The Bertz CT molecular complexity index is 485. The van der Waals surface area contributed by atoms with E-state index >= 15 is 0 Å². The number of carbonyl (C=O) groups excluding carboxylic acids is 1. The fourth-order valence-electron chi connectivity index (χ4n) is 3.52. The van der Waals surface area contributed by atoms with E-state index in [2.05, 4.69) is 11.9 Å². The molecule has 2 saturated heterocycles. The average molecular weight is 302 g/mol. The Morgan fingerprint density at radius 1 is 1.18 bits per heavy atom. The molecule has 3 rings (SSSR count). The van der Waals surface area contributed by atoms with Crippen molar-refractivity contribution in [3.8, 4) is 0 Å². The number of rotatable bonds is 5. The molecule has 120 valence electrons. The summed E-state index contributed by atoms with van der Waals surface area (Å²) < 4.78 is 5.41. The maximum Gasteiger partial charge on any atom is 0.244 e. The number of hydrogen-bond acceptors (Lipinski definition) is 3. The second kappa shape index (κ2) is 7.25. The van der Waals surface area contributed by atoms with Gasteiger partial charge in [-0.05, 0) is 57.3 Å². The standard InChI is InChI=1S/C18H26N2O2/c1-19(11-7-15-9-13-22-14-10-15)17-8-12-20(18(17)21)16-5-3-2-4-6-16/h2-6,15,17H,7-14H2,1H3/t17-/m0/s1. The van der Waals surface area contributed by atoms with Gasteiger partial charge in [0, 0.05) is 25.4 Å². The minimum atomic E-state index is 0.0417. The molecule has 1 aromatic carbocycles. The van der Waals surface area contributed by atoms with Crippen LogP contribution >= 0.6 is 0 Å². The molecule has 22 heavy (non-hydrogen) atoms. The normalized spacial score (nSPS) is 23.5. The first kappa shape index (κ1) is 15.5. The van der Waals surface area contributed by atoms with Crippen LogP contribution in [0, 0.1) is 5.92 Å². The molecular weight excluding hydrogens is 276 g/mol. The zero-order chi connectivity index (χ0) is 15.4. The number of likely N-dealkylation sites (N-methyl/N-ethyl adjacent to an activating group) is 1. The van der Waals surface area contributed by atoms with Gasteiger partial charge >= 0.3 is 0 Å². The van der Waals surface area contributed by atoms with Crippen molar-refractivity contribution in [1.82, 2.24) is 4.90 Å². The smallest absolute Gasteiger partial charge is 0.244 e.